The van der Waals surface area contributed by atoms with E-state index in [1.807, 2.05) is 6.92 Å². The molecule has 194 valence electrons. The van der Waals surface area contributed by atoms with Crippen molar-refractivity contribution in [3.8, 4) is 11.4 Å². The summed E-state index contributed by atoms with van der Waals surface area (Å²) in [7, 11) is 0. The zero-order valence-corrected chi connectivity index (χ0v) is 22.0. The van der Waals surface area contributed by atoms with E-state index in [1.165, 1.54) is 11.8 Å². The maximum atomic E-state index is 14.7. The van der Waals surface area contributed by atoms with E-state index in [0.717, 1.165) is 24.9 Å². The minimum atomic E-state index is -0.535. The first-order chi connectivity index (χ1) is 17.9. The normalized spacial score (nSPS) is 19.4. The van der Waals surface area contributed by atoms with Crippen molar-refractivity contribution in [2.24, 2.45) is 5.92 Å². The topological polar surface area (TPSA) is 78.6 Å². The fourth-order valence-electron chi connectivity index (χ4n) is 5.22. The van der Waals surface area contributed by atoms with Gasteiger partial charge in [-0.1, -0.05) is 35.9 Å². The van der Waals surface area contributed by atoms with Gasteiger partial charge in [-0.15, -0.1) is 0 Å². The number of benzene rings is 1. The van der Waals surface area contributed by atoms with Gasteiger partial charge in [-0.3, -0.25) is 9.30 Å². The van der Waals surface area contributed by atoms with Crippen molar-refractivity contribution in [2.75, 3.05) is 18.5 Å². The lowest BCUT2D eigenvalue weighted by atomic mass is 9.86. The lowest BCUT2D eigenvalue weighted by Gasteiger charge is -2.42. The molecule has 0 bridgehead atoms. The van der Waals surface area contributed by atoms with Crippen LogP contribution >= 0.6 is 11.6 Å². The second-order valence-corrected chi connectivity index (χ2v) is 10.4. The van der Waals surface area contributed by atoms with E-state index in [4.69, 9.17) is 11.6 Å². The second kappa shape index (κ2) is 10.7. The van der Waals surface area contributed by atoms with E-state index >= 15 is 0 Å². The highest BCUT2D eigenvalue weighted by atomic mass is 35.5. The van der Waals surface area contributed by atoms with Gasteiger partial charge in [-0.25, -0.2) is 19.3 Å². The number of nitrogens with one attached hydrogen (secondary N) is 1. The van der Waals surface area contributed by atoms with Crippen LogP contribution in [0.3, 0.4) is 0 Å². The van der Waals surface area contributed by atoms with E-state index in [1.54, 1.807) is 28.9 Å². The summed E-state index contributed by atoms with van der Waals surface area (Å²) in [5.74, 6) is 0.135. The van der Waals surface area contributed by atoms with Gasteiger partial charge in [0.15, 0.2) is 11.5 Å². The van der Waals surface area contributed by atoms with E-state index in [9.17, 15) is 9.50 Å². The molecule has 1 aliphatic heterocycles. The van der Waals surface area contributed by atoms with Crippen molar-refractivity contribution in [2.45, 2.75) is 51.7 Å². The molecule has 3 aromatic heterocycles. The van der Waals surface area contributed by atoms with Crippen molar-refractivity contribution in [3.63, 3.8) is 0 Å². The van der Waals surface area contributed by atoms with E-state index < -0.39 is 5.82 Å². The van der Waals surface area contributed by atoms with Gasteiger partial charge >= 0.3 is 0 Å². The minimum Gasteiger partial charge on any atom is -0.396 e. The minimum absolute atomic E-state index is 0.0956. The quantitative estimate of drug-likeness (QED) is 0.314. The first kappa shape index (κ1) is 25.6. The Balaban J connectivity index is 1.35. The number of piperidine rings is 1. The smallest absolute Gasteiger partial charge is 0.223 e. The number of aliphatic hydroxyl groups excluding tert-OH is 1. The number of aromatic nitrogens is 4. The Kier molecular flexibility index (Phi) is 7.42. The molecule has 37 heavy (non-hydrogen) atoms. The molecule has 0 spiro atoms. The van der Waals surface area contributed by atoms with Gasteiger partial charge in [0.25, 0.3) is 0 Å². The van der Waals surface area contributed by atoms with Crippen LogP contribution in [0.15, 0.2) is 55.0 Å². The summed E-state index contributed by atoms with van der Waals surface area (Å²) in [4.78, 5) is 15.5. The summed E-state index contributed by atoms with van der Waals surface area (Å²) in [6.07, 6.45) is 6.50. The summed E-state index contributed by atoms with van der Waals surface area (Å²) in [5.41, 5.74) is 3.53. The van der Waals surface area contributed by atoms with Gasteiger partial charge in [0.1, 0.15) is 5.69 Å². The molecule has 5 rings (SSSR count). The SMILES string of the molecule is CC(C)N1CCC(CO)CC1c1ccc([C@H](C)Nc2ncc(F)c(-c3cnc4c(Cl)cccn34)n2)cc1. The molecule has 9 heteroatoms. The molecule has 2 N–H and O–H groups in total. The van der Waals surface area contributed by atoms with Crippen LogP contribution in [0.5, 0.6) is 0 Å². The molecule has 4 heterocycles. The number of pyridine rings is 1. The van der Waals surface area contributed by atoms with Crippen molar-refractivity contribution >= 4 is 23.2 Å². The number of aliphatic hydroxyl groups is 1. The third-order valence-corrected chi connectivity index (χ3v) is 7.61. The Bertz CT molecular complexity index is 1380. The zero-order chi connectivity index (χ0) is 26.1. The number of likely N-dealkylation sites (tertiary alicyclic amines) is 1. The maximum absolute atomic E-state index is 14.7. The number of nitrogens with zero attached hydrogens (tertiary/aromatic N) is 5. The summed E-state index contributed by atoms with van der Waals surface area (Å²) < 4.78 is 16.5. The van der Waals surface area contributed by atoms with Gasteiger partial charge in [0.05, 0.1) is 29.2 Å². The molecule has 7 nitrogen and oxygen atoms in total. The molecule has 1 saturated heterocycles. The van der Waals surface area contributed by atoms with Crippen LogP contribution in [0.25, 0.3) is 17.0 Å². The highest BCUT2D eigenvalue weighted by Gasteiger charge is 2.30. The Hall–Kier alpha value is -3.07. The number of rotatable bonds is 7. The molecule has 0 amide bonds. The zero-order valence-electron chi connectivity index (χ0n) is 21.3. The lowest BCUT2D eigenvalue weighted by Crippen LogP contribution is -2.41. The monoisotopic (exact) mass is 522 g/mol. The van der Waals surface area contributed by atoms with Crippen LogP contribution in [-0.2, 0) is 0 Å². The van der Waals surface area contributed by atoms with Crippen LogP contribution in [0.2, 0.25) is 5.02 Å². The molecule has 2 unspecified atom stereocenters. The first-order valence-corrected chi connectivity index (χ1v) is 13.1. The molecule has 3 atom stereocenters. The van der Waals surface area contributed by atoms with Gasteiger partial charge in [0, 0.05) is 24.9 Å². The number of hydrogen-bond donors (Lipinski definition) is 2. The van der Waals surface area contributed by atoms with Gasteiger partial charge in [-0.2, -0.15) is 0 Å². The van der Waals surface area contributed by atoms with Gasteiger partial charge in [-0.05, 0) is 69.3 Å². The number of halogens is 2. The van der Waals surface area contributed by atoms with Gasteiger partial charge < -0.3 is 10.4 Å². The Morgan fingerprint density at radius 1 is 1.14 bits per heavy atom. The van der Waals surface area contributed by atoms with E-state index in [2.05, 4.69) is 63.3 Å². The summed E-state index contributed by atoms with van der Waals surface area (Å²) in [5, 5.41) is 13.5. The Morgan fingerprint density at radius 3 is 2.65 bits per heavy atom. The summed E-state index contributed by atoms with van der Waals surface area (Å²) >= 11 is 6.23. The number of imidazole rings is 1. The largest absolute Gasteiger partial charge is 0.396 e. The summed E-state index contributed by atoms with van der Waals surface area (Å²) in [6, 6.07) is 12.7. The number of hydrogen-bond acceptors (Lipinski definition) is 6. The number of anilines is 1. The molecular formula is C28H32ClFN6O. The van der Waals surface area contributed by atoms with Crippen molar-refractivity contribution in [1.29, 1.82) is 0 Å². The molecular weight excluding hydrogens is 491 g/mol. The summed E-state index contributed by atoms with van der Waals surface area (Å²) in [6.45, 7) is 7.72. The maximum Gasteiger partial charge on any atom is 0.223 e. The van der Waals surface area contributed by atoms with Gasteiger partial charge in [0.2, 0.25) is 5.95 Å². The van der Waals surface area contributed by atoms with Crippen molar-refractivity contribution in [1.82, 2.24) is 24.3 Å². The van der Waals surface area contributed by atoms with Crippen molar-refractivity contribution < 1.29 is 9.50 Å². The molecule has 0 aliphatic carbocycles. The fraction of sp³-hybridized carbons (Fsp3) is 0.393. The van der Waals surface area contributed by atoms with Crippen LogP contribution in [0.1, 0.15) is 56.8 Å². The molecule has 4 aromatic rings. The molecule has 0 saturated carbocycles. The fourth-order valence-corrected chi connectivity index (χ4v) is 5.43. The predicted octanol–water partition coefficient (Wildman–Crippen LogP) is 5.91. The molecule has 1 aromatic carbocycles. The average Bonchev–Trinajstić information content (AvgIpc) is 3.34. The Morgan fingerprint density at radius 2 is 1.92 bits per heavy atom. The average molecular weight is 523 g/mol. The first-order valence-electron chi connectivity index (χ1n) is 12.7. The highest BCUT2D eigenvalue weighted by Crippen LogP contribution is 2.36. The second-order valence-electron chi connectivity index (χ2n) is 10.0. The van der Waals surface area contributed by atoms with E-state index in [-0.39, 0.29) is 18.3 Å². The van der Waals surface area contributed by atoms with Crippen LogP contribution < -0.4 is 5.32 Å². The lowest BCUT2D eigenvalue weighted by molar-refractivity contribution is 0.0578. The standard InChI is InChI=1S/C28H32ClFN6O/c1-17(2)35-12-10-19(16-37)13-24(35)21-8-6-20(7-9-21)18(3)33-28-32-14-23(30)26(34-28)25-15-31-27-22(29)5-4-11-36(25)27/h4-9,11,14-15,17-19,24,37H,10,12-13,16H2,1-3H3,(H,32,33,34)/t18-,19?,24?/m0/s1. The third kappa shape index (κ3) is 5.19. The van der Waals surface area contributed by atoms with Crippen LogP contribution in [0, 0.1) is 11.7 Å². The van der Waals surface area contributed by atoms with Crippen LogP contribution in [-0.4, -0.2) is 48.6 Å². The third-order valence-electron chi connectivity index (χ3n) is 7.32. The molecule has 0 radical (unpaired) electrons. The Labute approximate surface area is 221 Å². The molecule has 1 aliphatic rings. The van der Waals surface area contributed by atoms with Crippen molar-refractivity contribution in [3.05, 3.63) is 77.0 Å². The molecule has 1 fully saturated rings. The number of fused-ring (bicyclic) bond motifs is 1. The van der Waals surface area contributed by atoms with Crippen LogP contribution in [0.4, 0.5) is 10.3 Å². The highest BCUT2D eigenvalue weighted by molar-refractivity contribution is 6.33. The van der Waals surface area contributed by atoms with E-state index in [0.29, 0.717) is 40.3 Å². The predicted molar refractivity (Wildman–Crippen MR) is 144 cm³/mol.